The Morgan fingerprint density at radius 2 is 2.29 bits per heavy atom. The zero-order chi connectivity index (χ0) is 10.8. The van der Waals surface area contributed by atoms with Gasteiger partial charge in [-0.05, 0) is 26.9 Å². The van der Waals surface area contributed by atoms with Crippen molar-refractivity contribution in [1.82, 2.24) is 9.62 Å². The Balaban J connectivity index is 2.51. The lowest BCUT2D eigenvalue weighted by molar-refractivity contribution is 0.407. The Labute approximate surface area is 85.7 Å². The predicted octanol–water partition coefficient (Wildman–Crippen LogP) is -1.04. The summed E-state index contributed by atoms with van der Waals surface area (Å²) >= 11 is 0. The van der Waals surface area contributed by atoms with Crippen LogP contribution in [-0.2, 0) is 10.0 Å². The van der Waals surface area contributed by atoms with Gasteiger partial charge in [-0.25, -0.2) is 13.1 Å². The van der Waals surface area contributed by atoms with Crippen LogP contribution >= 0.6 is 0 Å². The van der Waals surface area contributed by atoms with Gasteiger partial charge in [0, 0.05) is 19.1 Å². The molecule has 1 aliphatic rings. The first-order chi connectivity index (χ1) is 6.45. The second-order valence-corrected chi connectivity index (χ2v) is 6.09. The van der Waals surface area contributed by atoms with Crippen molar-refractivity contribution in [3.8, 4) is 0 Å². The Morgan fingerprint density at radius 3 is 2.71 bits per heavy atom. The fraction of sp³-hybridized carbons (Fsp3) is 1.00. The highest BCUT2D eigenvalue weighted by Gasteiger charge is 2.27. The summed E-state index contributed by atoms with van der Waals surface area (Å²) in [6.45, 7) is 3.53. The molecule has 0 aromatic heterocycles. The van der Waals surface area contributed by atoms with E-state index >= 15 is 0 Å². The van der Waals surface area contributed by atoms with E-state index in [9.17, 15) is 8.42 Å². The number of rotatable bonds is 4. The summed E-state index contributed by atoms with van der Waals surface area (Å²) in [5.41, 5.74) is 5.33. The molecular formula is C8H19N3O2S. The van der Waals surface area contributed by atoms with Crippen molar-refractivity contribution in [2.24, 2.45) is 5.73 Å². The lowest BCUT2D eigenvalue weighted by atomic mass is 10.3. The van der Waals surface area contributed by atoms with Crippen molar-refractivity contribution in [1.29, 1.82) is 0 Å². The lowest BCUT2D eigenvalue weighted by Gasteiger charge is -2.16. The molecule has 1 fully saturated rings. The second-order valence-electron chi connectivity index (χ2n) is 3.96. The van der Waals surface area contributed by atoms with Crippen LogP contribution < -0.4 is 10.5 Å². The van der Waals surface area contributed by atoms with Gasteiger partial charge in [0.25, 0.3) is 0 Å². The van der Waals surface area contributed by atoms with Crippen LogP contribution in [0.2, 0.25) is 0 Å². The quantitative estimate of drug-likeness (QED) is 0.635. The fourth-order valence-electron chi connectivity index (χ4n) is 1.51. The summed E-state index contributed by atoms with van der Waals surface area (Å²) < 4.78 is 25.9. The summed E-state index contributed by atoms with van der Waals surface area (Å²) in [4.78, 5) is 2.11. The van der Waals surface area contributed by atoms with E-state index in [0.717, 1.165) is 19.5 Å². The molecular weight excluding hydrogens is 202 g/mol. The molecule has 2 unspecified atom stereocenters. The van der Waals surface area contributed by atoms with E-state index in [0.29, 0.717) is 0 Å². The summed E-state index contributed by atoms with van der Waals surface area (Å²) in [6, 6.07) is 0.0546. The first-order valence-electron chi connectivity index (χ1n) is 4.85. The first-order valence-corrected chi connectivity index (χ1v) is 6.40. The number of hydrogen-bond donors (Lipinski definition) is 2. The largest absolute Gasteiger partial charge is 0.329 e. The molecule has 0 spiro atoms. The molecule has 0 bridgehead atoms. The standard InChI is InChI=1S/C8H19N3O2S/c1-7(5-9)14(12,13)10-8-3-4-11(2)6-8/h7-8,10H,3-6,9H2,1-2H3. The maximum atomic E-state index is 11.6. The molecule has 0 aromatic carbocycles. The van der Waals surface area contributed by atoms with Crippen molar-refractivity contribution in [3.05, 3.63) is 0 Å². The van der Waals surface area contributed by atoms with Gasteiger partial charge < -0.3 is 10.6 Å². The van der Waals surface area contributed by atoms with E-state index < -0.39 is 15.3 Å². The van der Waals surface area contributed by atoms with E-state index in [1.165, 1.54) is 0 Å². The third-order valence-corrected chi connectivity index (χ3v) is 4.50. The third-order valence-electron chi connectivity index (χ3n) is 2.58. The molecule has 1 heterocycles. The molecule has 6 heteroatoms. The second kappa shape index (κ2) is 4.57. The van der Waals surface area contributed by atoms with Crippen LogP contribution in [0.4, 0.5) is 0 Å². The van der Waals surface area contributed by atoms with E-state index in [2.05, 4.69) is 9.62 Å². The molecule has 0 amide bonds. The molecule has 0 aromatic rings. The molecule has 3 N–H and O–H groups in total. The van der Waals surface area contributed by atoms with Gasteiger partial charge in [-0.3, -0.25) is 0 Å². The molecule has 1 aliphatic heterocycles. The number of nitrogens with one attached hydrogen (secondary N) is 1. The highest BCUT2D eigenvalue weighted by molar-refractivity contribution is 7.90. The van der Waals surface area contributed by atoms with Crippen molar-refractivity contribution >= 4 is 10.0 Å². The van der Waals surface area contributed by atoms with E-state index in [1.807, 2.05) is 7.05 Å². The van der Waals surface area contributed by atoms with Crippen LogP contribution in [0.15, 0.2) is 0 Å². The highest BCUT2D eigenvalue weighted by atomic mass is 32.2. The van der Waals surface area contributed by atoms with Gasteiger partial charge in [0.1, 0.15) is 0 Å². The van der Waals surface area contributed by atoms with Gasteiger partial charge in [-0.2, -0.15) is 0 Å². The number of nitrogens with zero attached hydrogens (tertiary/aromatic N) is 1. The number of hydrogen-bond acceptors (Lipinski definition) is 4. The Morgan fingerprint density at radius 1 is 1.64 bits per heavy atom. The minimum atomic E-state index is -3.22. The zero-order valence-electron chi connectivity index (χ0n) is 8.73. The average Bonchev–Trinajstić information content (AvgIpc) is 2.48. The van der Waals surface area contributed by atoms with Gasteiger partial charge in [0.2, 0.25) is 10.0 Å². The van der Waals surface area contributed by atoms with E-state index in [-0.39, 0.29) is 12.6 Å². The summed E-state index contributed by atoms with van der Waals surface area (Å²) in [5.74, 6) is 0. The molecule has 5 nitrogen and oxygen atoms in total. The number of nitrogens with two attached hydrogens (primary N) is 1. The lowest BCUT2D eigenvalue weighted by Crippen LogP contribution is -2.43. The molecule has 1 saturated heterocycles. The van der Waals surface area contributed by atoms with Crippen LogP contribution in [-0.4, -0.2) is 51.3 Å². The smallest absolute Gasteiger partial charge is 0.215 e. The molecule has 2 atom stereocenters. The number of likely N-dealkylation sites (N-methyl/N-ethyl adjacent to an activating group) is 1. The topological polar surface area (TPSA) is 75.4 Å². The van der Waals surface area contributed by atoms with Gasteiger partial charge in [-0.1, -0.05) is 0 Å². The normalized spacial score (nSPS) is 26.6. The third kappa shape index (κ3) is 2.91. The summed E-state index contributed by atoms with van der Waals surface area (Å²) in [6.07, 6.45) is 0.882. The van der Waals surface area contributed by atoms with Crippen LogP contribution in [0.25, 0.3) is 0 Å². The van der Waals surface area contributed by atoms with Gasteiger partial charge in [-0.15, -0.1) is 0 Å². The van der Waals surface area contributed by atoms with Crippen LogP contribution in [0.3, 0.4) is 0 Å². The Kier molecular flexibility index (Phi) is 3.88. The van der Waals surface area contributed by atoms with Crippen LogP contribution in [0.5, 0.6) is 0 Å². The predicted molar refractivity (Wildman–Crippen MR) is 56.5 cm³/mol. The summed E-state index contributed by atoms with van der Waals surface area (Å²) in [5, 5.41) is -0.506. The fourth-order valence-corrected chi connectivity index (χ4v) is 2.65. The minimum Gasteiger partial charge on any atom is -0.329 e. The molecule has 0 saturated carbocycles. The zero-order valence-corrected chi connectivity index (χ0v) is 9.55. The number of likely N-dealkylation sites (tertiary alicyclic amines) is 1. The molecule has 84 valence electrons. The molecule has 0 radical (unpaired) electrons. The average molecular weight is 221 g/mol. The maximum absolute atomic E-state index is 11.6. The molecule has 1 rings (SSSR count). The Bertz CT molecular complexity index is 278. The van der Waals surface area contributed by atoms with Gasteiger partial charge >= 0.3 is 0 Å². The SMILES string of the molecule is CC(CN)S(=O)(=O)NC1CCN(C)C1. The maximum Gasteiger partial charge on any atom is 0.215 e. The summed E-state index contributed by atoms with van der Waals surface area (Å²) in [7, 11) is -1.23. The van der Waals surface area contributed by atoms with E-state index in [4.69, 9.17) is 5.73 Å². The van der Waals surface area contributed by atoms with E-state index in [1.54, 1.807) is 6.92 Å². The first kappa shape index (κ1) is 11.9. The van der Waals surface area contributed by atoms with Crippen molar-refractivity contribution in [2.45, 2.75) is 24.6 Å². The van der Waals surface area contributed by atoms with Crippen LogP contribution in [0, 0.1) is 0 Å². The van der Waals surface area contributed by atoms with Gasteiger partial charge in [0.05, 0.1) is 5.25 Å². The molecule has 14 heavy (non-hydrogen) atoms. The number of sulfonamides is 1. The monoisotopic (exact) mass is 221 g/mol. The van der Waals surface area contributed by atoms with Crippen LogP contribution in [0.1, 0.15) is 13.3 Å². The highest BCUT2D eigenvalue weighted by Crippen LogP contribution is 2.08. The van der Waals surface area contributed by atoms with Gasteiger partial charge in [0.15, 0.2) is 0 Å². The minimum absolute atomic E-state index is 0.0546. The van der Waals surface area contributed by atoms with Crippen molar-refractivity contribution in [3.63, 3.8) is 0 Å². The van der Waals surface area contributed by atoms with Crippen molar-refractivity contribution in [2.75, 3.05) is 26.7 Å². The Hall–Kier alpha value is -0.170. The van der Waals surface area contributed by atoms with Crippen molar-refractivity contribution < 1.29 is 8.42 Å². The molecule has 0 aliphatic carbocycles.